The van der Waals surface area contributed by atoms with E-state index < -0.39 is 18.0 Å². The van der Waals surface area contributed by atoms with Crippen molar-refractivity contribution in [2.45, 2.75) is 143 Å². The van der Waals surface area contributed by atoms with Gasteiger partial charge in [-0.15, -0.1) is 0 Å². The maximum absolute atomic E-state index is 12.9. The Morgan fingerprint density at radius 1 is 0.951 bits per heavy atom. The first-order chi connectivity index (χ1) is 18.7. The average molecular weight is 595 g/mol. The highest BCUT2D eigenvalue weighted by Gasteiger charge is 2.69. The van der Waals surface area contributed by atoms with Crippen LogP contribution in [0.1, 0.15) is 119 Å². The topological polar surface area (TPSA) is 40.5 Å². The summed E-state index contributed by atoms with van der Waals surface area (Å²) in [6, 6.07) is 0. The van der Waals surface area contributed by atoms with Gasteiger partial charge in [0.25, 0.3) is 5.60 Å². The van der Waals surface area contributed by atoms with E-state index in [1.54, 1.807) is 0 Å². The van der Waals surface area contributed by atoms with E-state index in [2.05, 4.69) is 46.8 Å². The number of hydrogen-bond donors (Lipinski definition) is 2. The summed E-state index contributed by atoms with van der Waals surface area (Å²) >= 11 is 0. The van der Waals surface area contributed by atoms with Gasteiger partial charge in [-0.3, -0.25) is 0 Å². The highest BCUT2D eigenvalue weighted by atomic mass is 19.4. The van der Waals surface area contributed by atoms with Crippen molar-refractivity contribution in [1.82, 2.24) is 0 Å². The molecular weight excluding hydrogens is 542 g/mol. The minimum atomic E-state index is -5.83. The Morgan fingerprint density at radius 2 is 1.59 bits per heavy atom. The Hall–Kier alpha value is -1.28. The number of rotatable bonds is 6. The van der Waals surface area contributed by atoms with E-state index in [0.717, 1.165) is 57.4 Å². The van der Waals surface area contributed by atoms with E-state index in [4.69, 9.17) is 0 Å². The molecule has 3 rings (SSSR count). The van der Waals surface area contributed by atoms with Gasteiger partial charge in [-0.1, -0.05) is 77.3 Å². The normalized spacial score (nSPS) is 30.8. The molecule has 3 saturated carbocycles. The lowest BCUT2D eigenvalue weighted by Gasteiger charge is -2.44. The quantitative estimate of drug-likeness (QED) is 0.237. The average Bonchev–Trinajstić information content (AvgIpc) is 3.18. The van der Waals surface area contributed by atoms with Crippen LogP contribution in [0.15, 0.2) is 35.5 Å². The molecule has 238 valence electrons. The molecule has 5 atom stereocenters. The van der Waals surface area contributed by atoms with Crippen LogP contribution in [0.4, 0.5) is 26.3 Å². The molecule has 2 nitrogen and oxygen atoms in total. The third-order valence-electron chi connectivity index (χ3n) is 9.52. The second kappa shape index (κ2) is 14.0. The number of aliphatic hydroxyl groups excluding tert-OH is 1. The Labute approximate surface area is 243 Å². The lowest BCUT2D eigenvalue weighted by atomic mass is 9.61. The van der Waals surface area contributed by atoms with E-state index in [9.17, 15) is 36.6 Å². The second-order valence-corrected chi connectivity index (χ2v) is 14.1. The molecule has 3 fully saturated rings. The number of hydrogen-bond acceptors (Lipinski definition) is 2. The van der Waals surface area contributed by atoms with Crippen LogP contribution in [0.5, 0.6) is 0 Å². The first-order valence-electron chi connectivity index (χ1n) is 15.3. The van der Waals surface area contributed by atoms with Crippen LogP contribution in [0.2, 0.25) is 0 Å². The molecular formula is C33H52F6O2. The number of allylic oxidation sites excluding steroid dienone is 4. The molecule has 0 aromatic carbocycles. The third kappa shape index (κ3) is 9.35. The van der Waals surface area contributed by atoms with Crippen molar-refractivity contribution < 1.29 is 36.6 Å². The van der Waals surface area contributed by atoms with E-state index in [-0.39, 0.29) is 35.9 Å². The van der Waals surface area contributed by atoms with Gasteiger partial charge >= 0.3 is 12.4 Å². The molecule has 0 aromatic heterocycles. The minimum absolute atomic E-state index is 0.0441. The highest BCUT2D eigenvalue weighted by Crippen LogP contribution is 2.60. The molecule has 0 heterocycles. The molecule has 1 unspecified atom stereocenters. The van der Waals surface area contributed by atoms with Crippen LogP contribution < -0.4 is 0 Å². The van der Waals surface area contributed by atoms with Crippen molar-refractivity contribution in [2.75, 3.05) is 0 Å². The van der Waals surface area contributed by atoms with E-state index >= 15 is 0 Å². The standard InChI is InChI=1S/C26H36F6O2.C7H16/c1-17(6-4-15-24(34,25(27,28)29)26(30,31)32)21-12-13-22-19(8-5-14-23(21,22)2)11-10-18-7-3-9-20(33)16-18;1-5-6-7(2,3)4/h4,10-11,15,17,20-22,33-34H,3,5-9,12-14,16H2,1-2H3;5-6H2,1-4H3/b15-4-,18-10-,19-11+;/t17-,20-,21+,22?,23+;/m0./s1. The summed E-state index contributed by atoms with van der Waals surface area (Å²) in [5, 5.41) is 19.3. The lowest BCUT2D eigenvalue weighted by molar-refractivity contribution is -0.347. The summed E-state index contributed by atoms with van der Waals surface area (Å²) in [4.78, 5) is 0. The van der Waals surface area contributed by atoms with Crippen LogP contribution in [0.3, 0.4) is 0 Å². The molecule has 8 heteroatoms. The fraction of sp³-hybridized carbons (Fsp3) is 0.818. The zero-order valence-electron chi connectivity index (χ0n) is 25.8. The fourth-order valence-corrected chi connectivity index (χ4v) is 7.38. The molecule has 0 bridgehead atoms. The summed E-state index contributed by atoms with van der Waals surface area (Å²) in [6.07, 6.45) is 4.19. The Bertz CT molecular complexity index is 909. The number of fused-ring (bicyclic) bond motifs is 1. The lowest BCUT2D eigenvalue weighted by Crippen LogP contribution is -2.55. The van der Waals surface area contributed by atoms with Gasteiger partial charge in [-0.05, 0) is 105 Å². The van der Waals surface area contributed by atoms with Crippen LogP contribution in [0.25, 0.3) is 0 Å². The predicted molar refractivity (Wildman–Crippen MR) is 153 cm³/mol. The summed E-state index contributed by atoms with van der Waals surface area (Å²) in [5.41, 5.74) is -1.70. The SMILES string of the molecule is CCCC(C)(C)C.C[C@@H](C/C=C\C(O)(C(F)(F)F)C(F)(F)F)[C@H]1CCC2/C(=C/C=C3/CCC[C@H](O)C3)CCC[C@@]21C. The largest absolute Gasteiger partial charge is 0.429 e. The van der Waals surface area contributed by atoms with E-state index in [1.165, 1.54) is 24.0 Å². The molecule has 0 amide bonds. The molecule has 0 aromatic rings. The van der Waals surface area contributed by atoms with Gasteiger partial charge in [0.15, 0.2) is 0 Å². The smallest absolute Gasteiger partial charge is 0.393 e. The number of halogens is 6. The predicted octanol–water partition coefficient (Wildman–Crippen LogP) is 10.3. The molecule has 3 aliphatic rings. The fourth-order valence-electron chi connectivity index (χ4n) is 7.38. The van der Waals surface area contributed by atoms with Crippen molar-refractivity contribution in [3.8, 4) is 0 Å². The summed E-state index contributed by atoms with van der Waals surface area (Å²) < 4.78 is 77.6. The highest BCUT2D eigenvalue weighted by molar-refractivity contribution is 5.26. The van der Waals surface area contributed by atoms with Gasteiger partial charge in [0.05, 0.1) is 6.10 Å². The molecule has 0 radical (unpaired) electrons. The third-order valence-corrected chi connectivity index (χ3v) is 9.52. The molecule has 0 aliphatic heterocycles. The van der Waals surface area contributed by atoms with Crippen LogP contribution in [0, 0.1) is 28.6 Å². The maximum atomic E-state index is 12.9. The molecule has 3 aliphatic carbocycles. The first kappa shape index (κ1) is 35.9. The molecule has 2 N–H and O–H groups in total. The Balaban J connectivity index is 0.000000745. The van der Waals surface area contributed by atoms with Gasteiger partial charge in [0.1, 0.15) is 0 Å². The summed E-state index contributed by atoms with van der Waals surface area (Å²) in [6.45, 7) is 13.1. The Kier molecular flexibility index (Phi) is 12.3. The van der Waals surface area contributed by atoms with Crippen molar-refractivity contribution in [3.63, 3.8) is 0 Å². The van der Waals surface area contributed by atoms with Crippen LogP contribution in [-0.2, 0) is 0 Å². The maximum Gasteiger partial charge on any atom is 0.429 e. The van der Waals surface area contributed by atoms with E-state index in [0.29, 0.717) is 17.8 Å². The minimum Gasteiger partial charge on any atom is -0.393 e. The number of alkyl halides is 6. The van der Waals surface area contributed by atoms with Crippen molar-refractivity contribution >= 4 is 0 Å². The monoisotopic (exact) mass is 594 g/mol. The molecule has 41 heavy (non-hydrogen) atoms. The van der Waals surface area contributed by atoms with Crippen molar-refractivity contribution in [3.05, 3.63) is 35.5 Å². The van der Waals surface area contributed by atoms with Gasteiger partial charge < -0.3 is 10.2 Å². The molecule has 0 saturated heterocycles. The number of aliphatic hydroxyl groups is 2. The van der Waals surface area contributed by atoms with Gasteiger partial charge in [0, 0.05) is 0 Å². The van der Waals surface area contributed by atoms with Crippen molar-refractivity contribution in [2.24, 2.45) is 28.6 Å². The zero-order chi connectivity index (χ0) is 31.3. The first-order valence-corrected chi connectivity index (χ1v) is 15.3. The van der Waals surface area contributed by atoms with Gasteiger partial charge in [-0.25, -0.2) is 0 Å². The second-order valence-electron chi connectivity index (χ2n) is 14.1. The Morgan fingerprint density at radius 3 is 2.10 bits per heavy atom. The van der Waals surface area contributed by atoms with Crippen molar-refractivity contribution in [1.29, 1.82) is 0 Å². The van der Waals surface area contributed by atoms with Gasteiger partial charge in [0.2, 0.25) is 0 Å². The molecule has 0 spiro atoms. The van der Waals surface area contributed by atoms with Crippen LogP contribution >= 0.6 is 0 Å². The summed E-state index contributed by atoms with van der Waals surface area (Å²) in [5.74, 6) is 0.424. The van der Waals surface area contributed by atoms with E-state index in [1.807, 2.05) is 6.92 Å². The van der Waals surface area contributed by atoms with Crippen LogP contribution in [-0.4, -0.2) is 34.3 Å². The van der Waals surface area contributed by atoms with Gasteiger partial charge in [-0.2, -0.15) is 26.3 Å². The summed E-state index contributed by atoms with van der Waals surface area (Å²) in [7, 11) is 0. The zero-order valence-corrected chi connectivity index (χ0v) is 25.8.